The van der Waals surface area contributed by atoms with Gasteiger partial charge >= 0.3 is 0 Å². The second kappa shape index (κ2) is 3.73. The summed E-state index contributed by atoms with van der Waals surface area (Å²) in [6, 6.07) is 0. The Morgan fingerprint density at radius 1 is 0.905 bits per heavy atom. The van der Waals surface area contributed by atoms with E-state index in [9.17, 15) is 35.1 Å². The molecule has 1 aliphatic heterocycles. The lowest BCUT2D eigenvalue weighted by atomic mass is 9.82. The molecular formula is C13H12O8. The fraction of sp³-hybridized carbons (Fsp3) is 0.385. The van der Waals surface area contributed by atoms with Gasteiger partial charge in [-0.2, -0.15) is 0 Å². The van der Waals surface area contributed by atoms with Gasteiger partial charge < -0.3 is 25.5 Å². The summed E-state index contributed by atoms with van der Waals surface area (Å²) in [6.07, 6.45) is 0.607. The number of ether oxygens (including phenoxy) is 1. The van der Waals surface area contributed by atoms with Crippen molar-refractivity contribution in [2.75, 3.05) is 0 Å². The Morgan fingerprint density at radius 3 is 1.86 bits per heavy atom. The maximum Gasteiger partial charge on any atom is 0.298 e. The molecule has 3 rings (SSSR count). The van der Waals surface area contributed by atoms with Crippen LogP contribution in [0.2, 0.25) is 0 Å². The zero-order valence-electron chi connectivity index (χ0n) is 10.9. The number of fused-ring (bicyclic) bond motifs is 2. The first kappa shape index (κ1) is 13.8. The average molecular weight is 296 g/mol. The highest BCUT2D eigenvalue weighted by Gasteiger charge is 2.82. The van der Waals surface area contributed by atoms with Crippen LogP contribution in [0.25, 0.3) is 0 Å². The Hall–Kier alpha value is -2.16. The second-order valence-corrected chi connectivity index (χ2v) is 5.07. The number of aromatic hydroxyl groups is 3. The Kier molecular flexibility index (Phi) is 2.45. The molecule has 5 N–H and O–H groups in total. The molecule has 8 heteroatoms. The van der Waals surface area contributed by atoms with E-state index in [0.717, 1.165) is 0 Å². The lowest BCUT2D eigenvalue weighted by Crippen LogP contribution is -2.45. The molecule has 0 saturated carbocycles. The van der Waals surface area contributed by atoms with Gasteiger partial charge in [0.25, 0.3) is 11.6 Å². The molecule has 1 heterocycles. The number of aliphatic hydroxyl groups is 2. The van der Waals surface area contributed by atoms with Crippen LogP contribution in [0, 0.1) is 0 Å². The maximum absolute atomic E-state index is 12.1. The van der Waals surface area contributed by atoms with E-state index in [-0.39, 0.29) is 12.0 Å². The van der Waals surface area contributed by atoms with Gasteiger partial charge in [-0.25, -0.2) is 0 Å². The van der Waals surface area contributed by atoms with Crippen LogP contribution in [0.3, 0.4) is 0 Å². The third-order valence-corrected chi connectivity index (χ3v) is 3.80. The molecule has 1 aromatic carbocycles. The van der Waals surface area contributed by atoms with Crippen LogP contribution < -0.4 is 0 Å². The SMILES string of the molecule is CCCc1c(O)c(O)c2c(c1O)C(=O)C1(O)OC1(O)C2=O. The van der Waals surface area contributed by atoms with Crippen LogP contribution in [0.15, 0.2) is 0 Å². The molecule has 112 valence electrons. The summed E-state index contributed by atoms with van der Waals surface area (Å²) in [5.74, 6) is -10.5. The molecule has 0 bridgehead atoms. The zero-order chi connectivity index (χ0) is 15.7. The molecule has 1 aromatic rings. The van der Waals surface area contributed by atoms with Crippen LogP contribution >= 0.6 is 0 Å². The fourth-order valence-electron chi connectivity index (χ4n) is 2.62. The number of hydrogen-bond donors (Lipinski definition) is 5. The number of carbonyl (C=O) groups excluding carboxylic acids is 2. The molecule has 8 nitrogen and oxygen atoms in total. The molecule has 0 spiro atoms. The fourth-order valence-corrected chi connectivity index (χ4v) is 2.62. The van der Waals surface area contributed by atoms with Crippen molar-refractivity contribution in [3.05, 3.63) is 16.7 Å². The summed E-state index contributed by atoms with van der Waals surface area (Å²) >= 11 is 0. The third-order valence-electron chi connectivity index (χ3n) is 3.80. The molecule has 0 amide bonds. The lowest BCUT2D eigenvalue weighted by Gasteiger charge is -2.22. The van der Waals surface area contributed by atoms with Gasteiger partial charge in [0.05, 0.1) is 11.1 Å². The van der Waals surface area contributed by atoms with Gasteiger partial charge in [0.15, 0.2) is 11.5 Å². The van der Waals surface area contributed by atoms with Gasteiger partial charge in [-0.3, -0.25) is 14.3 Å². The zero-order valence-corrected chi connectivity index (χ0v) is 10.9. The van der Waals surface area contributed by atoms with E-state index in [1.807, 2.05) is 0 Å². The standard InChI is InChI=1S/C13H12O8/c1-2-3-4-7(14)5-6(9(16)8(4)15)11(18)13(20)12(19,21-13)10(5)17/h14-16,19-20H,2-3H2,1H3. The quantitative estimate of drug-likeness (QED) is 0.280. The van der Waals surface area contributed by atoms with Gasteiger partial charge in [-0.05, 0) is 6.42 Å². The molecule has 2 aliphatic rings. The number of epoxide rings is 1. The Labute approximate surface area is 117 Å². The minimum Gasteiger partial charge on any atom is -0.507 e. The smallest absolute Gasteiger partial charge is 0.298 e. The molecule has 21 heavy (non-hydrogen) atoms. The molecule has 2 unspecified atom stereocenters. The number of rotatable bonds is 2. The van der Waals surface area contributed by atoms with Crippen LogP contribution in [0.5, 0.6) is 17.2 Å². The van der Waals surface area contributed by atoms with Crippen LogP contribution in [0.4, 0.5) is 0 Å². The minimum atomic E-state index is -2.79. The third kappa shape index (κ3) is 1.34. The van der Waals surface area contributed by atoms with Crippen molar-refractivity contribution >= 4 is 11.6 Å². The van der Waals surface area contributed by atoms with Gasteiger partial charge in [-0.1, -0.05) is 13.3 Å². The number of carbonyl (C=O) groups is 2. The van der Waals surface area contributed by atoms with E-state index in [1.54, 1.807) is 6.92 Å². The summed E-state index contributed by atoms with van der Waals surface area (Å²) in [4.78, 5) is 24.2. The predicted octanol–water partition coefficient (Wildman–Crippen LogP) is -0.458. The van der Waals surface area contributed by atoms with E-state index in [1.165, 1.54) is 0 Å². The monoisotopic (exact) mass is 296 g/mol. The summed E-state index contributed by atoms with van der Waals surface area (Å²) in [7, 11) is 0. The van der Waals surface area contributed by atoms with Crippen molar-refractivity contribution in [3.63, 3.8) is 0 Å². The molecule has 0 aromatic heterocycles. The maximum atomic E-state index is 12.1. The number of Topliss-reactive ketones (excluding diaryl/α,β-unsaturated/α-hetero) is 2. The minimum absolute atomic E-state index is 0.121. The first-order valence-corrected chi connectivity index (χ1v) is 6.25. The molecular weight excluding hydrogens is 284 g/mol. The van der Waals surface area contributed by atoms with E-state index in [4.69, 9.17) is 0 Å². The largest absolute Gasteiger partial charge is 0.507 e. The molecule has 0 radical (unpaired) electrons. The summed E-state index contributed by atoms with van der Waals surface area (Å²) in [5, 5.41) is 49.4. The van der Waals surface area contributed by atoms with Crippen LogP contribution in [0.1, 0.15) is 39.6 Å². The van der Waals surface area contributed by atoms with Gasteiger partial charge in [0.2, 0.25) is 11.6 Å². The first-order chi connectivity index (χ1) is 9.70. The Balaban J connectivity index is 2.36. The molecule has 1 saturated heterocycles. The van der Waals surface area contributed by atoms with Crippen molar-refractivity contribution in [1.82, 2.24) is 0 Å². The van der Waals surface area contributed by atoms with Crippen molar-refractivity contribution in [1.29, 1.82) is 0 Å². The van der Waals surface area contributed by atoms with Crippen LogP contribution in [-0.2, 0) is 11.2 Å². The number of phenols is 3. The van der Waals surface area contributed by atoms with Gasteiger partial charge in [0.1, 0.15) is 5.75 Å². The first-order valence-electron chi connectivity index (χ1n) is 6.25. The Morgan fingerprint density at radius 2 is 1.38 bits per heavy atom. The van der Waals surface area contributed by atoms with E-state index < -0.39 is 51.5 Å². The van der Waals surface area contributed by atoms with Crippen molar-refractivity contribution < 1.29 is 39.9 Å². The van der Waals surface area contributed by atoms with Gasteiger partial charge in [-0.15, -0.1) is 0 Å². The summed E-state index contributed by atoms with van der Waals surface area (Å²) in [5.41, 5.74) is -1.55. The van der Waals surface area contributed by atoms with Crippen molar-refractivity contribution in [2.24, 2.45) is 0 Å². The lowest BCUT2D eigenvalue weighted by molar-refractivity contribution is 0.0178. The normalized spacial score (nSPS) is 30.0. The van der Waals surface area contributed by atoms with Gasteiger partial charge in [0, 0.05) is 5.56 Å². The van der Waals surface area contributed by atoms with E-state index >= 15 is 0 Å². The number of ketones is 2. The van der Waals surface area contributed by atoms with Crippen LogP contribution in [-0.4, -0.2) is 48.7 Å². The number of benzene rings is 1. The molecule has 1 fully saturated rings. The highest BCUT2D eigenvalue weighted by Crippen LogP contribution is 2.57. The second-order valence-electron chi connectivity index (χ2n) is 5.07. The van der Waals surface area contributed by atoms with E-state index in [0.29, 0.717) is 6.42 Å². The molecule has 1 aliphatic carbocycles. The average Bonchev–Trinajstić information content (AvgIpc) is 3.02. The predicted molar refractivity (Wildman–Crippen MR) is 65.1 cm³/mol. The summed E-state index contributed by atoms with van der Waals surface area (Å²) < 4.78 is 4.42. The molecule has 2 atom stereocenters. The highest BCUT2D eigenvalue weighted by atomic mass is 16.8. The van der Waals surface area contributed by atoms with Crippen molar-refractivity contribution in [3.8, 4) is 17.2 Å². The number of phenolic OH excluding ortho intramolecular Hbond substituents is 3. The highest BCUT2D eigenvalue weighted by molar-refractivity contribution is 6.26. The number of hydrogen-bond acceptors (Lipinski definition) is 8. The summed E-state index contributed by atoms with van der Waals surface area (Å²) in [6.45, 7) is 1.73. The Bertz CT molecular complexity index is 709. The van der Waals surface area contributed by atoms with Crippen molar-refractivity contribution in [2.45, 2.75) is 31.3 Å². The topological polar surface area (TPSA) is 148 Å². The van der Waals surface area contributed by atoms with E-state index in [2.05, 4.69) is 4.74 Å².